The van der Waals surface area contributed by atoms with Gasteiger partial charge in [-0.15, -0.1) is 24.0 Å². The lowest BCUT2D eigenvalue weighted by atomic mass is 10.2. The minimum absolute atomic E-state index is 0. The van der Waals surface area contributed by atoms with Crippen molar-refractivity contribution in [1.29, 1.82) is 0 Å². The molecule has 0 aromatic heterocycles. The number of benzene rings is 1. The van der Waals surface area contributed by atoms with Gasteiger partial charge in [0.25, 0.3) is 0 Å². The monoisotopic (exact) mass is 409 g/mol. The summed E-state index contributed by atoms with van der Waals surface area (Å²) in [7, 11) is 0. The predicted molar refractivity (Wildman–Crippen MR) is 96.0 cm³/mol. The fraction of sp³-hybridized carbons (Fsp3) is 0.500. The minimum Gasteiger partial charge on any atom is -0.494 e. The molecule has 0 fully saturated rings. The first-order valence-corrected chi connectivity index (χ1v) is 6.71. The number of hydrogen-bond donors (Lipinski definition) is 3. The first kappa shape index (κ1) is 19.8. The van der Waals surface area contributed by atoms with Crippen molar-refractivity contribution in [2.24, 2.45) is 10.7 Å². The zero-order chi connectivity index (χ0) is 15.0. The Morgan fingerprint density at radius 2 is 2.00 bits per heavy atom. The normalized spacial score (nSPS) is 12.3. The number of aliphatic hydroxyl groups excluding tert-OH is 1. The van der Waals surface area contributed by atoms with E-state index in [-0.39, 0.29) is 36.5 Å². The molecule has 0 heterocycles. The zero-order valence-corrected chi connectivity index (χ0v) is 15.0. The molecule has 0 aliphatic rings. The molecule has 1 atom stereocenters. The van der Waals surface area contributed by atoms with Gasteiger partial charge in [0, 0.05) is 6.07 Å². The highest BCUT2D eigenvalue weighted by molar-refractivity contribution is 14.0. The number of guanidine groups is 1. The third-order valence-corrected chi connectivity index (χ3v) is 2.35. The second kappa shape index (κ2) is 10.5. The fourth-order valence-corrected chi connectivity index (χ4v) is 1.55. The zero-order valence-electron chi connectivity index (χ0n) is 12.6. The number of nitrogens with zero attached hydrogens (tertiary/aromatic N) is 1. The van der Waals surface area contributed by atoms with E-state index in [1.165, 1.54) is 0 Å². The number of aliphatic hydroxyl groups is 1. The van der Waals surface area contributed by atoms with E-state index in [4.69, 9.17) is 15.2 Å². The molecule has 120 valence electrons. The molecule has 21 heavy (non-hydrogen) atoms. The summed E-state index contributed by atoms with van der Waals surface area (Å²) in [4.78, 5) is 4.03. The second-order valence-electron chi connectivity index (χ2n) is 4.22. The highest BCUT2D eigenvalue weighted by Gasteiger charge is 2.07. The van der Waals surface area contributed by atoms with E-state index in [1.807, 2.05) is 26.0 Å². The van der Waals surface area contributed by atoms with Gasteiger partial charge >= 0.3 is 0 Å². The van der Waals surface area contributed by atoms with Gasteiger partial charge in [-0.05, 0) is 32.9 Å². The molecule has 0 bridgehead atoms. The van der Waals surface area contributed by atoms with E-state index in [1.54, 1.807) is 13.0 Å². The highest BCUT2D eigenvalue weighted by Crippen LogP contribution is 2.29. The number of ether oxygens (including phenoxy) is 2. The van der Waals surface area contributed by atoms with E-state index in [9.17, 15) is 5.11 Å². The summed E-state index contributed by atoms with van der Waals surface area (Å²) in [5, 5.41) is 12.1. The number of nitrogens with two attached hydrogens (primary N) is 1. The molecule has 0 aliphatic carbocycles. The van der Waals surface area contributed by atoms with Gasteiger partial charge in [-0.3, -0.25) is 4.99 Å². The van der Waals surface area contributed by atoms with Crippen LogP contribution in [-0.4, -0.2) is 36.9 Å². The fourth-order valence-electron chi connectivity index (χ4n) is 1.55. The highest BCUT2D eigenvalue weighted by atomic mass is 127. The average Bonchev–Trinajstić information content (AvgIpc) is 2.40. The third-order valence-electron chi connectivity index (χ3n) is 2.35. The Hall–Kier alpha value is -1.22. The summed E-state index contributed by atoms with van der Waals surface area (Å²) in [5.41, 5.74) is 6.46. The van der Waals surface area contributed by atoms with Gasteiger partial charge in [0.2, 0.25) is 0 Å². The van der Waals surface area contributed by atoms with E-state index >= 15 is 0 Å². The minimum atomic E-state index is -0.531. The molecule has 1 unspecified atom stereocenters. The van der Waals surface area contributed by atoms with Gasteiger partial charge in [0.15, 0.2) is 5.96 Å². The molecular formula is C14H24IN3O3. The Kier molecular flexibility index (Phi) is 9.89. The third kappa shape index (κ3) is 7.37. The van der Waals surface area contributed by atoms with Crippen molar-refractivity contribution in [1.82, 2.24) is 0 Å². The summed E-state index contributed by atoms with van der Waals surface area (Å²) >= 11 is 0. The lowest BCUT2D eigenvalue weighted by molar-refractivity contribution is 0.204. The first-order valence-electron chi connectivity index (χ1n) is 6.71. The van der Waals surface area contributed by atoms with Crippen molar-refractivity contribution in [3.8, 4) is 11.5 Å². The number of rotatable bonds is 7. The van der Waals surface area contributed by atoms with E-state index < -0.39 is 6.10 Å². The molecule has 0 saturated heterocycles. The van der Waals surface area contributed by atoms with Crippen molar-refractivity contribution in [3.05, 3.63) is 18.2 Å². The molecular weight excluding hydrogens is 385 g/mol. The molecule has 4 N–H and O–H groups in total. The van der Waals surface area contributed by atoms with Crippen LogP contribution in [0.5, 0.6) is 11.5 Å². The van der Waals surface area contributed by atoms with Gasteiger partial charge in [0.1, 0.15) is 11.5 Å². The number of nitrogens with one attached hydrogen (secondary N) is 1. The quantitative estimate of drug-likeness (QED) is 0.365. The van der Waals surface area contributed by atoms with Gasteiger partial charge in [0.05, 0.1) is 31.5 Å². The van der Waals surface area contributed by atoms with E-state index in [2.05, 4.69) is 10.3 Å². The van der Waals surface area contributed by atoms with E-state index in [0.29, 0.717) is 24.7 Å². The molecule has 6 nitrogen and oxygen atoms in total. The number of aliphatic imine (C=N–C) groups is 1. The summed E-state index contributed by atoms with van der Waals surface area (Å²) < 4.78 is 11.0. The van der Waals surface area contributed by atoms with Crippen molar-refractivity contribution in [2.75, 3.05) is 25.1 Å². The van der Waals surface area contributed by atoms with Gasteiger partial charge in [-0.25, -0.2) is 0 Å². The molecule has 1 rings (SSSR count). The second-order valence-corrected chi connectivity index (χ2v) is 4.22. The molecule has 0 spiro atoms. The van der Waals surface area contributed by atoms with Crippen LogP contribution < -0.4 is 20.5 Å². The maximum atomic E-state index is 9.19. The largest absolute Gasteiger partial charge is 0.494 e. The SMILES string of the molecule is CCOc1ccc(OCC)c(NC(N)=NCC(C)O)c1.I. The van der Waals surface area contributed by atoms with Gasteiger partial charge in [-0.2, -0.15) is 0 Å². The predicted octanol–water partition coefficient (Wildman–Crippen LogP) is 2.21. The maximum absolute atomic E-state index is 9.19. The Balaban J connectivity index is 0.00000400. The Morgan fingerprint density at radius 3 is 2.57 bits per heavy atom. The number of hydrogen-bond acceptors (Lipinski definition) is 4. The number of halogens is 1. The summed E-state index contributed by atoms with van der Waals surface area (Å²) in [6.45, 7) is 6.85. The van der Waals surface area contributed by atoms with E-state index in [0.717, 1.165) is 5.75 Å². The topological polar surface area (TPSA) is 89.1 Å². The average molecular weight is 409 g/mol. The van der Waals surface area contributed by atoms with Crippen molar-refractivity contribution in [3.63, 3.8) is 0 Å². The Bertz CT molecular complexity index is 453. The molecule has 1 aromatic carbocycles. The van der Waals surface area contributed by atoms with Gasteiger partial charge in [-0.1, -0.05) is 0 Å². The maximum Gasteiger partial charge on any atom is 0.193 e. The molecule has 1 aromatic rings. The van der Waals surface area contributed by atoms with Crippen LogP contribution in [0.25, 0.3) is 0 Å². The van der Waals surface area contributed by atoms with Crippen LogP contribution in [0.4, 0.5) is 5.69 Å². The van der Waals surface area contributed by atoms with Crippen LogP contribution in [0.1, 0.15) is 20.8 Å². The first-order chi connectivity index (χ1) is 9.56. The smallest absolute Gasteiger partial charge is 0.193 e. The molecule has 0 saturated carbocycles. The van der Waals surface area contributed by atoms with Crippen LogP contribution >= 0.6 is 24.0 Å². The van der Waals surface area contributed by atoms with Crippen LogP contribution in [0.15, 0.2) is 23.2 Å². The summed E-state index contributed by atoms with van der Waals surface area (Å²) in [6, 6.07) is 5.46. The standard InChI is InChI=1S/C14H23N3O3.HI/c1-4-19-11-6-7-13(20-5-2)12(8-11)17-14(15)16-9-10(3)18;/h6-8,10,18H,4-5,9H2,1-3H3,(H3,15,16,17);1H. The summed E-state index contributed by atoms with van der Waals surface area (Å²) in [6.07, 6.45) is -0.531. The number of anilines is 1. The molecule has 7 heteroatoms. The van der Waals surface area contributed by atoms with Crippen LogP contribution in [0, 0.1) is 0 Å². The van der Waals surface area contributed by atoms with Crippen LogP contribution in [0.2, 0.25) is 0 Å². The van der Waals surface area contributed by atoms with Gasteiger partial charge < -0.3 is 25.6 Å². The lowest BCUT2D eigenvalue weighted by Gasteiger charge is -2.14. The molecule has 0 amide bonds. The van der Waals surface area contributed by atoms with Crippen LogP contribution in [0.3, 0.4) is 0 Å². The summed E-state index contributed by atoms with van der Waals surface area (Å²) in [5.74, 6) is 1.62. The van der Waals surface area contributed by atoms with Crippen LogP contribution in [-0.2, 0) is 0 Å². The van der Waals surface area contributed by atoms with Crippen molar-refractivity contribution in [2.45, 2.75) is 26.9 Å². The molecule has 0 radical (unpaired) electrons. The van der Waals surface area contributed by atoms with Crippen molar-refractivity contribution < 1.29 is 14.6 Å². The van der Waals surface area contributed by atoms with Crippen molar-refractivity contribution >= 4 is 35.6 Å². The Morgan fingerprint density at radius 1 is 1.33 bits per heavy atom. The Labute approximate surface area is 142 Å². The lowest BCUT2D eigenvalue weighted by Crippen LogP contribution is -2.24. The molecule has 0 aliphatic heterocycles.